The van der Waals surface area contributed by atoms with Crippen molar-refractivity contribution >= 4 is 11.5 Å². The fourth-order valence-electron chi connectivity index (χ4n) is 2.84. The summed E-state index contributed by atoms with van der Waals surface area (Å²) >= 11 is 0. The van der Waals surface area contributed by atoms with Crippen LogP contribution in [0.15, 0.2) is 72.4 Å². The highest BCUT2D eigenvalue weighted by atomic mass is 16.5. The number of para-hydroxylation sites is 1. The van der Waals surface area contributed by atoms with E-state index >= 15 is 0 Å². The summed E-state index contributed by atoms with van der Waals surface area (Å²) in [6.45, 7) is 0.595. The molecule has 0 aliphatic heterocycles. The molecule has 0 aliphatic carbocycles. The Morgan fingerprint density at radius 3 is 2.43 bits per heavy atom. The van der Waals surface area contributed by atoms with Gasteiger partial charge in [0.15, 0.2) is 5.84 Å². The summed E-state index contributed by atoms with van der Waals surface area (Å²) in [6.07, 6.45) is 6.20. The lowest BCUT2D eigenvalue weighted by Crippen LogP contribution is -2.18. The number of ether oxygens (including phenoxy) is 1. The average Bonchev–Trinajstić information content (AvgIpc) is 3.21. The molecule has 0 unspecified atom stereocenters. The van der Waals surface area contributed by atoms with Crippen molar-refractivity contribution in [3.63, 3.8) is 0 Å². The fraction of sp³-hybridized carbons (Fsp3) is 0.273. The van der Waals surface area contributed by atoms with Gasteiger partial charge in [-0.2, -0.15) is 5.10 Å². The van der Waals surface area contributed by atoms with Crippen molar-refractivity contribution in [2.45, 2.75) is 6.42 Å². The van der Waals surface area contributed by atoms with Crippen LogP contribution in [0.5, 0.6) is 5.75 Å². The van der Waals surface area contributed by atoms with E-state index < -0.39 is 0 Å². The van der Waals surface area contributed by atoms with Crippen molar-refractivity contribution in [2.75, 3.05) is 39.7 Å². The zero-order valence-corrected chi connectivity index (χ0v) is 16.9. The maximum Gasteiger partial charge on any atom is 0.168 e. The second-order valence-electron chi connectivity index (χ2n) is 6.90. The largest absolute Gasteiger partial charge is 0.492 e. The molecule has 0 atom stereocenters. The van der Waals surface area contributed by atoms with Gasteiger partial charge in [-0.3, -0.25) is 4.57 Å². The summed E-state index contributed by atoms with van der Waals surface area (Å²) in [5, 5.41) is 6.41. The Balaban J connectivity index is 1.75. The van der Waals surface area contributed by atoms with Crippen LogP contribution < -0.4 is 9.64 Å². The van der Waals surface area contributed by atoms with E-state index in [-0.39, 0.29) is 0 Å². The number of hydrogen-bond donors (Lipinski definition) is 0. The Kier molecular flexibility index (Phi) is 6.32. The van der Waals surface area contributed by atoms with Gasteiger partial charge in [-0.05, 0) is 29.8 Å². The molecule has 0 saturated carbocycles. The molecule has 146 valence electrons. The molecule has 0 N–H and O–H groups in total. The zero-order chi connectivity index (χ0) is 19.9. The van der Waals surface area contributed by atoms with Crippen LogP contribution in [0.2, 0.25) is 0 Å². The maximum absolute atomic E-state index is 6.14. The number of nitrogens with zero attached hydrogens (tertiary/aromatic N) is 5. The number of imidazole rings is 1. The molecule has 0 saturated heterocycles. The van der Waals surface area contributed by atoms with Gasteiger partial charge in [0.2, 0.25) is 0 Å². The molecule has 0 bridgehead atoms. The first-order valence-electron chi connectivity index (χ1n) is 9.27. The minimum Gasteiger partial charge on any atom is -0.492 e. The molecule has 0 fully saturated rings. The summed E-state index contributed by atoms with van der Waals surface area (Å²) in [5.41, 5.74) is 3.37. The van der Waals surface area contributed by atoms with E-state index in [1.165, 1.54) is 11.3 Å². The van der Waals surface area contributed by atoms with Crippen LogP contribution in [0.1, 0.15) is 11.1 Å². The van der Waals surface area contributed by atoms with Crippen molar-refractivity contribution in [1.29, 1.82) is 0 Å². The van der Waals surface area contributed by atoms with Gasteiger partial charge in [0.05, 0.1) is 12.2 Å². The smallest absolute Gasteiger partial charge is 0.168 e. The summed E-state index contributed by atoms with van der Waals surface area (Å²) in [5.74, 6) is 1.58. The standard InChI is InChI=1S/C22H27N5O/c1-25(2)19-11-9-18(10-12-19)13-16-28-21-8-6-5-7-20(21)22(24-26(3)4)27-15-14-23-17-27/h5-12,14-15,17H,13,16H2,1-4H3. The number of hydrogen-bond acceptors (Lipinski definition) is 5. The molecule has 6 nitrogen and oxygen atoms in total. The van der Waals surface area contributed by atoms with E-state index in [0.29, 0.717) is 6.61 Å². The van der Waals surface area contributed by atoms with Crippen LogP contribution >= 0.6 is 0 Å². The number of rotatable bonds is 7. The second-order valence-corrected chi connectivity index (χ2v) is 6.90. The Morgan fingerprint density at radius 1 is 1.04 bits per heavy atom. The van der Waals surface area contributed by atoms with Gasteiger partial charge in [0.1, 0.15) is 12.1 Å². The normalized spacial score (nSPS) is 11.4. The van der Waals surface area contributed by atoms with E-state index in [4.69, 9.17) is 4.74 Å². The number of benzene rings is 2. The van der Waals surface area contributed by atoms with Crippen LogP contribution in [0.4, 0.5) is 5.69 Å². The Bertz CT molecular complexity index is 899. The third kappa shape index (κ3) is 4.91. The van der Waals surface area contributed by atoms with Gasteiger partial charge in [-0.25, -0.2) is 4.98 Å². The van der Waals surface area contributed by atoms with Crippen LogP contribution in [0, 0.1) is 0 Å². The quantitative estimate of drug-likeness (QED) is 0.360. The number of aromatic nitrogens is 2. The van der Waals surface area contributed by atoms with E-state index in [9.17, 15) is 0 Å². The summed E-state index contributed by atoms with van der Waals surface area (Å²) in [6, 6.07) is 16.5. The molecule has 0 amide bonds. The van der Waals surface area contributed by atoms with E-state index in [0.717, 1.165) is 23.6 Å². The molecule has 28 heavy (non-hydrogen) atoms. The lowest BCUT2D eigenvalue weighted by molar-refractivity contribution is 0.321. The SMILES string of the molecule is CN(C)N=C(c1ccccc1OCCc1ccc(N(C)C)cc1)n1ccnc1. The molecule has 2 aromatic carbocycles. The molecule has 1 heterocycles. The highest BCUT2D eigenvalue weighted by Crippen LogP contribution is 2.21. The number of anilines is 1. The summed E-state index contributed by atoms with van der Waals surface area (Å²) in [7, 11) is 7.89. The molecule has 0 radical (unpaired) electrons. The first-order valence-corrected chi connectivity index (χ1v) is 9.27. The summed E-state index contributed by atoms with van der Waals surface area (Å²) in [4.78, 5) is 6.24. The molecule has 0 spiro atoms. The minimum absolute atomic E-state index is 0.595. The van der Waals surface area contributed by atoms with E-state index in [2.05, 4.69) is 39.3 Å². The van der Waals surface area contributed by atoms with Gasteiger partial charge in [0.25, 0.3) is 0 Å². The fourth-order valence-corrected chi connectivity index (χ4v) is 2.84. The van der Waals surface area contributed by atoms with Crippen LogP contribution in [0.25, 0.3) is 0 Å². The third-order valence-electron chi connectivity index (χ3n) is 4.27. The van der Waals surface area contributed by atoms with E-state index in [1.54, 1.807) is 17.5 Å². The molecule has 3 rings (SSSR count). The third-order valence-corrected chi connectivity index (χ3v) is 4.27. The molecular weight excluding hydrogens is 350 g/mol. The van der Waals surface area contributed by atoms with Crippen LogP contribution in [0.3, 0.4) is 0 Å². The highest BCUT2D eigenvalue weighted by Gasteiger charge is 2.13. The zero-order valence-electron chi connectivity index (χ0n) is 16.9. The Hall–Kier alpha value is -3.28. The van der Waals surface area contributed by atoms with Crippen molar-refractivity contribution in [3.8, 4) is 5.75 Å². The van der Waals surface area contributed by atoms with Gasteiger partial charge in [-0.15, -0.1) is 0 Å². The molecule has 6 heteroatoms. The van der Waals surface area contributed by atoms with Crippen molar-refractivity contribution < 1.29 is 4.74 Å². The van der Waals surface area contributed by atoms with Gasteiger partial charge in [0, 0.05) is 52.7 Å². The number of hydrazone groups is 1. The van der Waals surface area contributed by atoms with Gasteiger partial charge in [-0.1, -0.05) is 24.3 Å². The molecular formula is C22H27N5O. The predicted molar refractivity (Wildman–Crippen MR) is 114 cm³/mol. The van der Waals surface area contributed by atoms with Crippen LogP contribution in [-0.4, -0.2) is 55.2 Å². The lowest BCUT2D eigenvalue weighted by atomic mass is 10.1. The molecule has 0 aliphatic rings. The second kappa shape index (κ2) is 9.08. The first kappa shape index (κ1) is 19.5. The van der Waals surface area contributed by atoms with Gasteiger partial charge >= 0.3 is 0 Å². The van der Waals surface area contributed by atoms with Gasteiger partial charge < -0.3 is 14.6 Å². The van der Waals surface area contributed by atoms with Crippen molar-refractivity contribution in [3.05, 3.63) is 78.4 Å². The Labute approximate surface area is 166 Å². The van der Waals surface area contributed by atoms with Crippen molar-refractivity contribution in [2.24, 2.45) is 5.10 Å². The molecule has 1 aromatic heterocycles. The molecule has 3 aromatic rings. The summed E-state index contributed by atoms with van der Waals surface area (Å²) < 4.78 is 8.03. The lowest BCUT2D eigenvalue weighted by Gasteiger charge is -2.16. The monoisotopic (exact) mass is 377 g/mol. The average molecular weight is 377 g/mol. The Morgan fingerprint density at radius 2 is 1.79 bits per heavy atom. The van der Waals surface area contributed by atoms with Crippen molar-refractivity contribution in [1.82, 2.24) is 14.6 Å². The topological polar surface area (TPSA) is 45.9 Å². The minimum atomic E-state index is 0.595. The first-order chi connectivity index (χ1) is 13.5. The predicted octanol–water partition coefficient (Wildman–Crippen LogP) is 3.34. The maximum atomic E-state index is 6.14. The highest BCUT2D eigenvalue weighted by molar-refractivity contribution is 6.02. The van der Waals surface area contributed by atoms with E-state index in [1.807, 2.05) is 63.2 Å². The van der Waals surface area contributed by atoms with Crippen LogP contribution in [-0.2, 0) is 6.42 Å².